The van der Waals surface area contributed by atoms with Crippen LogP contribution in [0.2, 0.25) is 0 Å². The Bertz CT molecular complexity index is 756. The lowest BCUT2D eigenvalue weighted by molar-refractivity contribution is 0.0908. The number of amides is 1. The largest absolute Gasteiger partial charge is 0.496 e. The number of benzene rings is 2. The van der Waals surface area contributed by atoms with E-state index in [9.17, 15) is 4.79 Å². The Labute approximate surface area is 167 Å². The highest BCUT2D eigenvalue weighted by atomic mass is 16.5. The van der Waals surface area contributed by atoms with Crippen LogP contribution >= 0.6 is 0 Å². The Hall–Kier alpha value is -2.37. The zero-order valence-corrected chi connectivity index (χ0v) is 16.8. The molecule has 150 valence electrons. The van der Waals surface area contributed by atoms with Gasteiger partial charge < -0.3 is 14.8 Å². The lowest BCUT2D eigenvalue weighted by Crippen LogP contribution is -2.44. The van der Waals surface area contributed by atoms with Crippen LogP contribution in [0.15, 0.2) is 48.5 Å². The Morgan fingerprint density at radius 2 is 1.89 bits per heavy atom. The Morgan fingerprint density at radius 3 is 2.57 bits per heavy atom. The highest BCUT2D eigenvalue weighted by Gasteiger charge is 2.21. The first-order valence-corrected chi connectivity index (χ1v) is 10.0. The molecular weight excluding hydrogens is 352 g/mol. The number of hydrogen-bond acceptors (Lipinski definition) is 4. The van der Waals surface area contributed by atoms with Crippen LogP contribution < -0.4 is 10.1 Å². The standard InChI is InChI=1S/C23H30N2O3/c1-3-28-17-20-15-19(9-10-22(20)27-2)23(26)24-21-11-13-25(14-12-21)16-18-7-5-4-6-8-18/h4-10,15,21H,3,11-14,16-17H2,1-2H3,(H,24,26). The number of ether oxygens (including phenoxy) is 2. The molecule has 0 bridgehead atoms. The highest BCUT2D eigenvalue weighted by Crippen LogP contribution is 2.21. The molecule has 1 aliphatic rings. The van der Waals surface area contributed by atoms with Crippen molar-refractivity contribution < 1.29 is 14.3 Å². The number of piperidine rings is 1. The molecule has 0 radical (unpaired) electrons. The minimum atomic E-state index is -0.0260. The molecule has 1 aliphatic heterocycles. The second-order valence-electron chi connectivity index (χ2n) is 7.17. The molecule has 0 unspecified atom stereocenters. The molecule has 3 rings (SSSR count). The lowest BCUT2D eigenvalue weighted by Gasteiger charge is -2.32. The van der Waals surface area contributed by atoms with Crippen molar-refractivity contribution in [2.45, 2.75) is 39.0 Å². The molecule has 2 aromatic rings. The molecule has 1 saturated heterocycles. The zero-order chi connectivity index (χ0) is 19.8. The second-order valence-corrected chi connectivity index (χ2v) is 7.17. The van der Waals surface area contributed by atoms with Gasteiger partial charge in [-0.25, -0.2) is 0 Å². The van der Waals surface area contributed by atoms with E-state index in [4.69, 9.17) is 9.47 Å². The van der Waals surface area contributed by atoms with E-state index in [-0.39, 0.29) is 11.9 Å². The van der Waals surface area contributed by atoms with Crippen LogP contribution in [0.1, 0.15) is 41.3 Å². The molecule has 28 heavy (non-hydrogen) atoms. The summed E-state index contributed by atoms with van der Waals surface area (Å²) in [6, 6.07) is 16.3. The highest BCUT2D eigenvalue weighted by molar-refractivity contribution is 5.94. The average molecular weight is 383 g/mol. The molecule has 0 aromatic heterocycles. The van der Waals surface area contributed by atoms with E-state index >= 15 is 0 Å². The molecule has 0 aliphatic carbocycles. The Balaban J connectivity index is 1.52. The lowest BCUT2D eigenvalue weighted by atomic mass is 10.0. The molecule has 1 amide bonds. The van der Waals surface area contributed by atoms with Gasteiger partial charge in [0.2, 0.25) is 0 Å². The van der Waals surface area contributed by atoms with Crippen LogP contribution in [-0.2, 0) is 17.9 Å². The fraction of sp³-hybridized carbons (Fsp3) is 0.435. The monoisotopic (exact) mass is 382 g/mol. The van der Waals surface area contributed by atoms with Gasteiger partial charge >= 0.3 is 0 Å². The fourth-order valence-electron chi connectivity index (χ4n) is 3.59. The van der Waals surface area contributed by atoms with Crippen molar-refractivity contribution in [3.8, 4) is 5.75 Å². The predicted molar refractivity (Wildman–Crippen MR) is 111 cm³/mol. The van der Waals surface area contributed by atoms with Crippen LogP contribution in [0, 0.1) is 0 Å². The van der Waals surface area contributed by atoms with E-state index < -0.39 is 0 Å². The summed E-state index contributed by atoms with van der Waals surface area (Å²) in [6.45, 7) is 5.99. The van der Waals surface area contributed by atoms with Crippen LogP contribution in [0.4, 0.5) is 0 Å². The molecule has 5 nitrogen and oxygen atoms in total. The third kappa shape index (κ3) is 5.57. The topological polar surface area (TPSA) is 50.8 Å². The Morgan fingerprint density at radius 1 is 1.14 bits per heavy atom. The number of rotatable bonds is 8. The number of nitrogens with zero attached hydrogens (tertiary/aromatic N) is 1. The number of likely N-dealkylation sites (tertiary alicyclic amines) is 1. The predicted octanol–water partition coefficient (Wildman–Crippen LogP) is 3.63. The average Bonchev–Trinajstić information content (AvgIpc) is 2.74. The van der Waals surface area contributed by atoms with Gasteiger partial charge in [-0.3, -0.25) is 9.69 Å². The number of carbonyl (C=O) groups is 1. The first kappa shape index (κ1) is 20.4. The van der Waals surface area contributed by atoms with Crippen molar-refractivity contribution in [3.63, 3.8) is 0 Å². The number of methoxy groups -OCH3 is 1. The molecule has 1 fully saturated rings. The molecule has 2 aromatic carbocycles. The third-order valence-corrected chi connectivity index (χ3v) is 5.18. The van der Waals surface area contributed by atoms with Crippen molar-refractivity contribution in [1.29, 1.82) is 0 Å². The van der Waals surface area contributed by atoms with Crippen LogP contribution in [0.25, 0.3) is 0 Å². The maximum atomic E-state index is 12.7. The Kier molecular flexibility index (Phi) is 7.46. The van der Waals surface area contributed by atoms with E-state index in [1.807, 2.05) is 31.2 Å². The van der Waals surface area contributed by atoms with Crippen LogP contribution in [0.3, 0.4) is 0 Å². The second kappa shape index (κ2) is 10.2. The van der Waals surface area contributed by atoms with Gasteiger partial charge in [0.25, 0.3) is 5.91 Å². The smallest absolute Gasteiger partial charge is 0.251 e. The summed E-state index contributed by atoms with van der Waals surface area (Å²) in [6.07, 6.45) is 1.95. The van der Waals surface area contributed by atoms with Crippen molar-refractivity contribution in [1.82, 2.24) is 10.2 Å². The minimum Gasteiger partial charge on any atom is -0.496 e. The zero-order valence-electron chi connectivity index (χ0n) is 16.8. The summed E-state index contributed by atoms with van der Waals surface area (Å²) < 4.78 is 10.9. The van der Waals surface area contributed by atoms with Crippen LogP contribution in [0.5, 0.6) is 5.75 Å². The quantitative estimate of drug-likeness (QED) is 0.758. The summed E-state index contributed by atoms with van der Waals surface area (Å²) in [5, 5.41) is 3.19. The summed E-state index contributed by atoms with van der Waals surface area (Å²) in [5.74, 6) is 0.723. The molecule has 0 saturated carbocycles. The first-order valence-electron chi connectivity index (χ1n) is 10.0. The summed E-state index contributed by atoms with van der Waals surface area (Å²) >= 11 is 0. The summed E-state index contributed by atoms with van der Waals surface area (Å²) in [5.41, 5.74) is 2.89. The molecule has 0 spiro atoms. The first-order chi connectivity index (χ1) is 13.7. The van der Waals surface area contributed by atoms with E-state index in [1.165, 1.54) is 5.56 Å². The maximum absolute atomic E-state index is 12.7. The van der Waals surface area contributed by atoms with Crippen molar-refractivity contribution in [2.75, 3.05) is 26.8 Å². The van der Waals surface area contributed by atoms with Gasteiger partial charge in [-0.2, -0.15) is 0 Å². The van der Waals surface area contributed by atoms with E-state index in [0.29, 0.717) is 18.8 Å². The molecular formula is C23H30N2O3. The SMILES string of the molecule is CCOCc1cc(C(=O)NC2CCN(Cc3ccccc3)CC2)ccc1OC. The molecule has 5 heteroatoms. The normalized spacial score (nSPS) is 15.4. The fourth-order valence-corrected chi connectivity index (χ4v) is 3.59. The van der Waals surface area contributed by atoms with Crippen LogP contribution in [-0.4, -0.2) is 43.7 Å². The van der Waals surface area contributed by atoms with Gasteiger partial charge in [0, 0.05) is 43.4 Å². The van der Waals surface area contributed by atoms with E-state index in [0.717, 1.165) is 43.8 Å². The van der Waals surface area contributed by atoms with Crippen molar-refractivity contribution >= 4 is 5.91 Å². The maximum Gasteiger partial charge on any atom is 0.251 e. The van der Waals surface area contributed by atoms with Gasteiger partial charge in [-0.1, -0.05) is 30.3 Å². The number of carbonyl (C=O) groups excluding carboxylic acids is 1. The van der Waals surface area contributed by atoms with Crippen molar-refractivity contribution in [3.05, 3.63) is 65.2 Å². The molecule has 1 N–H and O–H groups in total. The number of hydrogen-bond donors (Lipinski definition) is 1. The van der Waals surface area contributed by atoms with Gasteiger partial charge in [0.1, 0.15) is 5.75 Å². The van der Waals surface area contributed by atoms with E-state index in [2.05, 4.69) is 34.5 Å². The van der Waals surface area contributed by atoms with Gasteiger partial charge in [0.05, 0.1) is 13.7 Å². The minimum absolute atomic E-state index is 0.0260. The number of nitrogens with one attached hydrogen (secondary N) is 1. The third-order valence-electron chi connectivity index (χ3n) is 5.18. The molecule has 0 atom stereocenters. The van der Waals surface area contributed by atoms with Crippen molar-refractivity contribution in [2.24, 2.45) is 0 Å². The molecule has 1 heterocycles. The van der Waals surface area contributed by atoms with E-state index in [1.54, 1.807) is 7.11 Å². The van der Waals surface area contributed by atoms with Gasteiger partial charge in [-0.05, 0) is 43.5 Å². The summed E-state index contributed by atoms with van der Waals surface area (Å²) in [7, 11) is 1.63. The van der Waals surface area contributed by atoms with Gasteiger partial charge in [0.15, 0.2) is 0 Å². The summed E-state index contributed by atoms with van der Waals surface area (Å²) in [4.78, 5) is 15.2. The van der Waals surface area contributed by atoms with Gasteiger partial charge in [-0.15, -0.1) is 0 Å².